The maximum absolute atomic E-state index is 12.3. The van der Waals surface area contributed by atoms with Crippen LogP contribution in [-0.2, 0) is 16.0 Å². The van der Waals surface area contributed by atoms with Crippen molar-refractivity contribution in [1.29, 1.82) is 0 Å². The summed E-state index contributed by atoms with van der Waals surface area (Å²) in [6.45, 7) is 6.04. The quantitative estimate of drug-likeness (QED) is 0.584. The van der Waals surface area contributed by atoms with E-state index in [0.717, 1.165) is 19.3 Å². The van der Waals surface area contributed by atoms with E-state index >= 15 is 0 Å². The van der Waals surface area contributed by atoms with Gasteiger partial charge in [-0.25, -0.2) is 0 Å². The summed E-state index contributed by atoms with van der Waals surface area (Å²) in [6, 6.07) is 10.8. The number of carbonyl (C=O) groups is 1. The summed E-state index contributed by atoms with van der Waals surface area (Å²) >= 11 is 0. The van der Waals surface area contributed by atoms with Gasteiger partial charge in [-0.1, -0.05) is 49.2 Å². The van der Waals surface area contributed by atoms with Crippen molar-refractivity contribution in [1.82, 2.24) is 5.32 Å². The van der Waals surface area contributed by atoms with Gasteiger partial charge in [0.25, 0.3) is 0 Å². The van der Waals surface area contributed by atoms with Gasteiger partial charge in [-0.15, -0.1) is 6.58 Å². The van der Waals surface area contributed by atoms with Crippen molar-refractivity contribution in [2.24, 2.45) is 5.92 Å². The van der Waals surface area contributed by atoms with Crippen molar-refractivity contribution in [3.8, 4) is 0 Å². The van der Waals surface area contributed by atoms with Crippen LogP contribution < -0.4 is 5.32 Å². The van der Waals surface area contributed by atoms with E-state index in [1.807, 2.05) is 19.1 Å². The summed E-state index contributed by atoms with van der Waals surface area (Å²) in [5, 5.41) is 3.23. The lowest BCUT2D eigenvalue weighted by Crippen LogP contribution is -2.46. The molecule has 3 atom stereocenters. The first-order valence-corrected chi connectivity index (χ1v) is 8.77. The minimum atomic E-state index is -0.394. The summed E-state index contributed by atoms with van der Waals surface area (Å²) in [5.74, 6) is 0.537. The van der Waals surface area contributed by atoms with Gasteiger partial charge in [-0.05, 0) is 44.1 Å². The van der Waals surface area contributed by atoms with E-state index in [9.17, 15) is 4.79 Å². The Morgan fingerprint density at radius 1 is 1.35 bits per heavy atom. The van der Waals surface area contributed by atoms with E-state index in [1.54, 1.807) is 0 Å². The summed E-state index contributed by atoms with van der Waals surface area (Å²) in [4.78, 5) is 12.3. The van der Waals surface area contributed by atoms with E-state index in [4.69, 9.17) is 4.74 Å². The number of ether oxygens (including phenoxy) is 1. The average molecular weight is 315 g/mol. The lowest BCUT2D eigenvalue weighted by Gasteiger charge is -2.33. The molecule has 3 nitrogen and oxygen atoms in total. The number of benzene rings is 1. The number of hydrogen-bond acceptors (Lipinski definition) is 2. The number of hydrogen-bond donors (Lipinski definition) is 1. The molecule has 0 saturated heterocycles. The van der Waals surface area contributed by atoms with E-state index < -0.39 is 6.10 Å². The average Bonchev–Trinajstić information content (AvgIpc) is 2.57. The zero-order chi connectivity index (χ0) is 16.5. The third kappa shape index (κ3) is 5.83. The van der Waals surface area contributed by atoms with Crippen LogP contribution in [0.4, 0.5) is 0 Å². The molecule has 3 unspecified atom stereocenters. The molecule has 126 valence electrons. The minimum absolute atomic E-state index is 0.0130. The Morgan fingerprint density at radius 3 is 2.83 bits per heavy atom. The van der Waals surface area contributed by atoms with Crippen molar-refractivity contribution in [3.05, 3.63) is 48.6 Å². The van der Waals surface area contributed by atoms with Crippen LogP contribution in [0, 0.1) is 5.92 Å². The molecule has 1 fully saturated rings. The molecule has 2 rings (SSSR count). The molecule has 0 aliphatic heterocycles. The highest BCUT2D eigenvalue weighted by atomic mass is 16.5. The van der Waals surface area contributed by atoms with Crippen LogP contribution in [0.25, 0.3) is 0 Å². The van der Waals surface area contributed by atoms with Gasteiger partial charge in [0.15, 0.2) is 0 Å². The van der Waals surface area contributed by atoms with Gasteiger partial charge in [-0.3, -0.25) is 4.79 Å². The lowest BCUT2D eigenvalue weighted by molar-refractivity contribution is -0.133. The normalized spacial score (nSPS) is 22.3. The highest BCUT2D eigenvalue weighted by Gasteiger charge is 2.28. The molecule has 0 aromatic heterocycles. The van der Waals surface area contributed by atoms with Crippen LogP contribution in [-0.4, -0.2) is 24.7 Å². The van der Waals surface area contributed by atoms with Crippen LogP contribution >= 0.6 is 0 Å². The smallest absolute Gasteiger partial charge is 0.249 e. The Hall–Kier alpha value is -1.61. The van der Waals surface area contributed by atoms with Crippen LogP contribution in [0.3, 0.4) is 0 Å². The largest absolute Gasteiger partial charge is 0.368 e. The van der Waals surface area contributed by atoms with E-state index in [-0.39, 0.29) is 11.9 Å². The Kier molecular flexibility index (Phi) is 7.34. The van der Waals surface area contributed by atoms with Gasteiger partial charge in [0.05, 0.1) is 6.61 Å². The molecule has 1 N–H and O–H groups in total. The maximum atomic E-state index is 12.3. The first-order chi connectivity index (χ1) is 11.2. The van der Waals surface area contributed by atoms with Crippen molar-refractivity contribution in [3.63, 3.8) is 0 Å². The Balaban J connectivity index is 1.87. The second-order valence-electron chi connectivity index (χ2n) is 6.44. The molecule has 1 amide bonds. The van der Waals surface area contributed by atoms with Gasteiger partial charge in [-0.2, -0.15) is 0 Å². The molecule has 0 heterocycles. The first-order valence-electron chi connectivity index (χ1n) is 8.77. The van der Waals surface area contributed by atoms with Crippen LogP contribution in [0.1, 0.15) is 44.6 Å². The number of rotatable bonds is 8. The zero-order valence-corrected chi connectivity index (χ0v) is 14.2. The topological polar surface area (TPSA) is 38.3 Å². The van der Waals surface area contributed by atoms with Crippen LogP contribution in [0.15, 0.2) is 43.0 Å². The van der Waals surface area contributed by atoms with Crippen LogP contribution in [0.5, 0.6) is 0 Å². The fourth-order valence-electron chi connectivity index (χ4n) is 3.26. The van der Waals surface area contributed by atoms with Gasteiger partial charge in [0, 0.05) is 6.04 Å². The third-order valence-electron chi connectivity index (χ3n) is 4.64. The van der Waals surface area contributed by atoms with Gasteiger partial charge in [0.2, 0.25) is 5.91 Å². The third-order valence-corrected chi connectivity index (χ3v) is 4.64. The second-order valence-corrected chi connectivity index (χ2v) is 6.44. The second kappa shape index (κ2) is 9.51. The molecule has 1 saturated carbocycles. The maximum Gasteiger partial charge on any atom is 0.249 e. The van der Waals surface area contributed by atoms with Gasteiger partial charge >= 0.3 is 0 Å². The number of amides is 1. The molecule has 0 radical (unpaired) electrons. The van der Waals surface area contributed by atoms with Gasteiger partial charge < -0.3 is 10.1 Å². The van der Waals surface area contributed by atoms with Crippen molar-refractivity contribution < 1.29 is 9.53 Å². The van der Waals surface area contributed by atoms with Crippen molar-refractivity contribution >= 4 is 5.91 Å². The number of nitrogens with one attached hydrogen (secondary N) is 1. The van der Waals surface area contributed by atoms with Crippen molar-refractivity contribution in [2.45, 2.75) is 57.6 Å². The first kappa shape index (κ1) is 17.7. The predicted molar refractivity (Wildman–Crippen MR) is 94.3 cm³/mol. The molecule has 1 aliphatic rings. The summed E-state index contributed by atoms with van der Waals surface area (Å²) < 4.78 is 5.56. The van der Waals surface area contributed by atoms with E-state index in [1.165, 1.54) is 24.8 Å². The molecule has 23 heavy (non-hydrogen) atoms. The highest BCUT2D eigenvalue weighted by molar-refractivity contribution is 5.80. The lowest BCUT2D eigenvalue weighted by atomic mass is 9.80. The molecule has 0 spiro atoms. The molecule has 1 aromatic carbocycles. The number of carbonyl (C=O) groups excluding carboxylic acids is 1. The molecule has 3 heteroatoms. The monoisotopic (exact) mass is 315 g/mol. The SMILES string of the molecule is C=CCCOC(C)C(=O)NC1CCCCC1Cc1ccccc1. The van der Waals surface area contributed by atoms with Gasteiger partial charge in [0.1, 0.15) is 6.10 Å². The summed E-state index contributed by atoms with van der Waals surface area (Å²) in [6.07, 6.45) is 7.94. The van der Waals surface area contributed by atoms with Crippen LogP contribution in [0.2, 0.25) is 0 Å². The Labute approximate surface area is 140 Å². The zero-order valence-electron chi connectivity index (χ0n) is 14.2. The molecular formula is C20H29NO2. The van der Waals surface area contributed by atoms with E-state index in [0.29, 0.717) is 12.5 Å². The van der Waals surface area contributed by atoms with E-state index in [2.05, 4.69) is 36.2 Å². The Bertz CT molecular complexity index is 486. The minimum Gasteiger partial charge on any atom is -0.368 e. The fourth-order valence-corrected chi connectivity index (χ4v) is 3.26. The molecule has 1 aromatic rings. The Morgan fingerprint density at radius 2 is 2.09 bits per heavy atom. The predicted octanol–water partition coefficient (Wildman–Crippen LogP) is 3.89. The highest BCUT2D eigenvalue weighted by Crippen LogP contribution is 2.27. The standard InChI is InChI=1S/C20H29NO2/c1-3-4-14-23-16(2)20(22)21-19-13-9-8-12-18(19)15-17-10-6-5-7-11-17/h3,5-7,10-11,16,18-19H,1,4,8-9,12-15H2,2H3,(H,21,22). The fraction of sp³-hybridized carbons (Fsp3) is 0.550. The van der Waals surface area contributed by atoms with Crippen molar-refractivity contribution in [2.75, 3.05) is 6.61 Å². The molecular weight excluding hydrogens is 286 g/mol. The molecule has 1 aliphatic carbocycles. The summed E-state index contributed by atoms with van der Waals surface area (Å²) in [7, 11) is 0. The molecule has 0 bridgehead atoms. The summed E-state index contributed by atoms with van der Waals surface area (Å²) in [5.41, 5.74) is 1.36.